The third-order valence-electron chi connectivity index (χ3n) is 3.62. The van der Waals surface area contributed by atoms with Crippen LogP contribution in [0.4, 0.5) is 5.82 Å². The number of nitrogens with one attached hydrogen (secondary N) is 1. The number of aryl methyl sites for hydroxylation is 1. The molecule has 4 heteroatoms. The molecule has 2 rings (SSSR count). The van der Waals surface area contributed by atoms with Crippen LogP contribution in [-0.4, -0.2) is 16.0 Å². The first-order valence-corrected chi connectivity index (χ1v) is 6.60. The SMILES string of the molecule is Cc1cnc(Cl)nc1NC1CCC(C)(C)CC1. The summed E-state index contributed by atoms with van der Waals surface area (Å²) in [5, 5.41) is 3.81. The fraction of sp³-hybridized carbons (Fsp3) is 0.692. The van der Waals surface area contributed by atoms with E-state index in [0.29, 0.717) is 16.7 Å². The van der Waals surface area contributed by atoms with Crippen molar-refractivity contribution in [2.45, 2.75) is 52.5 Å². The molecule has 1 aliphatic carbocycles. The van der Waals surface area contributed by atoms with Crippen molar-refractivity contribution in [3.8, 4) is 0 Å². The number of aromatic nitrogens is 2. The highest BCUT2D eigenvalue weighted by Gasteiger charge is 2.27. The van der Waals surface area contributed by atoms with Gasteiger partial charge in [-0.15, -0.1) is 0 Å². The Morgan fingerprint density at radius 2 is 2.00 bits per heavy atom. The number of rotatable bonds is 2. The Bertz CT molecular complexity index is 394. The molecule has 0 radical (unpaired) electrons. The van der Waals surface area contributed by atoms with Crippen LogP contribution in [0.2, 0.25) is 5.28 Å². The van der Waals surface area contributed by atoms with E-state index in [9.17, 15) is 0 Å². The minimum absolute atomic E-state index is 0.314. The Kier molecular flexibility index (Phi) is 3.57. The van der Waals surface area contributed by atoms with E-state index < -0.39 is 0 Å². The maximum absolute atomic E-state index is 5.82. The van der Waals surface area contributed by atoms with Crippen molar-refractivity contribution in [3.63, 3.8) is 0 Å². The molecule has 1 N–H and O–H groups in total. The van der Waals surface area contributed by atoms with Crippen molar-refractivity contribution in [3.05, 3.63) is 17.0 Å². The zero-order valence-electron chi connectivity index (χ0n) is 10.8. The molecule has 1 fully saturated rings. The number of nitrogens with zero attached hydrogens (tertiary/aromatic N) is 2. The van der Waals surface area contributed by atoms with Crippen LogP contribution in [-0.2, 0) is 0 Å². The molecule has 0 spiro atoms. The monoisotopic (exact) mass is 253 g/mol. The average molecular weight is 254 g/mol. The van der Waals surface area contributed by atoms with Gasteiger partial charge in [-0.05, 0) is 49.6 Å². The van der Waals surface area contributed by atoms with E-state index in [-0.39, 0.29) is 0 Å². The zero-order valence-corrected chi connectivity index (χ0v) is 11.5. The van der Waals surface area contributed by atoms with Crippen molar-refractivity contribution in [2.24, 2.45) is 5.41 Å². The average Bonchev–Trinajstić information content (AvgIpc) is 2.26. The first-order chi connectivity index (χ1) is 7.96. The normalized spacial score (nSPS) is 20.2. The van der Waals surface area contributed by atoms with Gasteiger partial charge in [0.2, 0.25) is 5.28 Å². The van der Waals surface area contributed by atoms with E-state index in [1.54, 1.807) is 6.20 Å². The smallest absolute Gasteiger partial charge is 0.224 e. The van der Waals surface area contributed by atoms with E-state index in [2.05, 4.69) is 29.1 Å². The van der Waals surface area contributed by atoms with Crippen LogP contribution in [0.3, 0.4) is 0 Å². The van der Waals surface area contributed by atoms with Gasteiger partial charge in [-0.25, -0.2) is 9.97 Å². The lowest BCUT2D eigenvalue weighted by Gasteiger charge is -2.35. The summed E-state index contributed by atoms with van der Waals surface area (Å²) in [6, 6.07) is 0.521. The Labute approximate surface area is 108 Å². The van der Waals surface area contributed by atoms with Crippen molar-refractivity contribution in [1.29, 1.82) is 0 Å². The second kappa shape index (κ2) is 4.81. The summed E-state index contributed by atoms with van der Waals surface area (Å²) < 4.78 is 0. The van der Waals surface area contributed by atoms with Crippen molar-refractivity contribution in [2.75, 3.05) is 5.32 Å². The zero-order chi connectivity index (χ0) is 12.5. The third kappa shape index (κ3) is 3.32. The molecule has 0 aliphatic heterocycles. The van der Waals surface area contributed by atoms with Crippen LogP contribution < -0.4 is 5.32 Å². The minimum atomic E-state index is 0.314. The molecular formula is C13H20ClN3. The van der Waals surface area contributed by atoms with Crippen molar-refractivity contribution in [1.82, 2.24) is 9.97 Å². The summed E-state index contributed by atoms with van der Waals surface area (Å²) in [4.78, 5) is 8.22. The summed E-state index contributed by atoms with van der Waals surface area (Å²) in [5.74, 6) is 0.884. The molecule has 1 aliphatic rings. The molecule has 1 saturated carbocycles. The van der Waals surface area contributed by atoms with Crippen molar-refractivity contribution >= 4 is 17.4 Å². The quantitative estimate of drug-likeness (QED) is 0.815. The molecule has 1 heterocycles. The molecule has 0 saturated heterocycles. The van der Waals surface area contributed by atoms with Gasteiger partial charge in [0.1, 0.15) is 5.82 Å². The highest BCUT2D eigenvalue weighted by molar-refractivity contribution is 6.28. The second-order valence-corrected chi connectivity index (χ2v) is 6.09. The maximum Gasteiger partial charge on any atom is 0.224 e. The predicted octanol–water partition coefficient (Wildman–Crippen LogP) is 3.82. The second-order valence-electron chi connectivity index (χ2n) is 5.75. The lowest BCUT2D eigenvalue weighted by Crippen LogP contribution is -2.30. The summed E-state index contributed by atoms with van der Waals surface area (Å²) in [6.07, 6.45) is 6.71. The topological polar surface area (TPSA) is 37.8 Å². The summed E-state index contributed by atoms with van der Waals surface area (Å²) >= 11 is 5.82. The lowest BCUT2D eigenvalue weighted by atomic mass is 9.75. The maximum atomic E-state index is 5.82. The van der Waals surface area contributed by atoms with Crippen LogP contribution in [0.1, 0.15) is 45.1 Å². The summed E-state index contributed by atoms with van der Waals surface area (Å²) in [7, 11) is 0. The number of hydrogen-bond acceptors (Lipinski definition) is 3. The van der Waals surface area contributed by atoms with Gasteiger partial charge in [-0.1, -0.05) is 13.8 Å². The predicted molar refractivity (Wildman–Crippen MR) is 71.4 cm³/mol. The van der Waals surface area contributed by atoms with Gasteiger partial charge in [0.05, 0.1) is 0 Å². The largest absolute Gasteiger partial charge is 0.367 e. The molecular weight excluding hydrogens is 234 g/mol. The molecule has 94 valence electrons. The van der Waals surface area contributed by atoms with Gasteiger partial charge >= 0.3 is 0 Å². The fourth-order valence-electron chi connectivity index (χ4n) is 2.30. The molecule has 0 aromatic carbocycles. The van der Waals surface area contributed by atoms with Gasteiger partial charge in [0.25, 0.3) is 0 Å². The van der Waals surface area contributed by atoms with E-state index >= 15 is 0 Å². The van der Waals surface area contributed by atoms with Crippen LogP contribution in [0, 0.1) is 12.3 Å². The first kappa shape index (κ1) is 12.6. The fourth-order valence-corrected chi connectivity index (χ4v) is 2.44. The van der Waals surface area contributed by atoms with E-state index in [1.165, 1.54) is 25.7 Å². The lowest BCUT2D eigenvalue weighted by molar-refractivity contribution is 0.232. The molecule has 0 amide bonds. The third-order valence-corrected chi connectivity index (χ3v) is 3.80. The summed E-state index contributed by atoms with van der Waals surface area (Å²) in [5.41, 5.74) is 1.55. The molecule has 0 atom stereocenters. The molecule has 17 heavy (non-hydrogen) atoms. The Morgan fingerprint density at radius 1 is 1.35 bits per heavy atom. The van der Waals surface area contributed by atoms with E-state index in [0.717, 1.165) is 11.4 Å². The Hall–Kier alpha value is -0.830. The molecule has 0 unspecified atom stereocenters. The summed E-state index contributed by atoms with van der Waals surface area (Å²) in [6.45, 7) is 6.69. The first-order valence-electron chi connectivity index (χ1n) is 6.22. The minimum Gasteiger partial charge on any atom is -0.367 e. The molecule has 0 bridgehead atoms. The van der Waals surface area contributed by atoms with Crippen LogP contribution in [0.25, 0.3) is 0 Å². The van der Waals surface area contributed by atoms with E-state index in [4.69, 9.17) is 11.6 Å². The number of halogens is 1. The molecule has 1 aromatic heterocycles. The Balaban J connectivity index is 2.00. The molecule has 3 nitrogen and oxygen atoms in total. The van der Waals surface area contributed by atoms with Gasteiger partial charge in [0, 0.05) is 17.8 Å². The van der Waals surface area contributed by atoms with Gasteiger partial charge < -0.3 is 5.32 Å². The molecule has 1 aromatic rings. The van der Waals surface area contributed by atoms with E-state index in [1.807, 2.05) is 6.92 Å². The van der Waals surface area contributed by atoms with Crippen molar-refractivity contribution < 1.29 is 0 Å². The highest BCUT2D eigenvalue weighted by Crippen LogP contribution is 2.36. The highest BCUT2D eigenvalue weighted by atomic mass is 35.5. The van der Waals surface area contributed by atoms with Crippen LogP contribution in [0.5, 0.6) is 0 Å². The Morgan fingerprint density at radius 3 is 2.65 bits per heavy atom. The standard InChI is InChI=1S/C13H20ClN3/c1-9-8-15-12(14)17-11(9)16-10-4-6-13(2,3)7-5-10/h8,10H,4-7H2,1-3H3,(H,15,16,17). The van der Waals surface area contributed by atoms with Crippen LogP contribution >= 0.6 is 11.6 Å². The van der Waals surface area contributed by atoms with Gasteiger partial charge in [0.15, 0.2) is 0 Å². The number of anilines is 1. The van der Waals surface area contributed by atoms with Crippen LogP contribution in [0.15, 0.2) is 6.20 Å². The van der Waals surface area contributed by atoms with Gasteiger partial charge in [-0.2, -0.15) is 0 Å². The number of hydrogen-bond donors (Lipinski definition) is 1. The van der Waals surface area contributed by atoms with Gasteiger partial charge in [-0.3, -0.25) is 0 Å².